The van der Waals surface area contributed by atoms with E-state index in [0.717, 1.165) is 0 Å². The maximum absolute atomic E-state index is 10.5. The van der Waals surface area contributed by atoms with Crippen molar-refractivity contribution in [2.45, 2.75) is 25.4 Å². The van der Waals surface area contributed by atoms with Crippen LogP contribution in [-0.2, 0) is 14.4 Å². The van der Waals surface area contributed by atoms with E-state index in [0.29, 0.717) is 12.7 Å². The molecule has 0 amide bonds. The molecular weight excluding hydrogens is 164 g/mol. The molecule has 0 spiro atoms. The summed E-state index contributed by atoms with van der Waals surface area (Å²) in [6.07, 6.45) is -0.266. The Hall–Kier alpha value is -1.23. The predicted octanol–water partition coefficient (Wildman–Crippen LogP) is -0.630. The number of aliphatic carboxylic acids is 1. The molecule has 1 unspecified atom stereocenters. The number of aliphatic hydroxyl groups excluding tert-OH is 1. The number of ketones is 1. The fourth-order valence-corrected chi connectivity index (χ4v) is 0.668. The number of carbonyl (C=O) groups is 3. The molecule has 0 aromatic rings. The van der Waals surface area contributed by atoms with Crippen molar-refractivity contribution < 1.29 is 24.6 Å². The van der Waals surface area contributed by atoms with Crippen molar-refractivity contribution in [3.05, 3.63) is 0 Å². The van der Waals surface area contributed by atoms with Gasteiger partial charge in [-0.25, -0.2) is 4.79 Å². The lowest BCUT2D eigenvalue weighted by Crippen LogP contribution is -2.27. The number of Topliss-reactive ketones (excluding diaryl/α,β-unsaturated/α-hetero) is 1. The Morgan fingerprint density at radius 3 is 2.42 bits per heavy atom. The first-order chi connectivity index (χ1) is 5.59. The zero-order valence-corrected chi connectivity index (χ0v) is 6.40. The van der Waals surface area contributed by atoms with Crippen molar-refractivity contribution in [2.75, 3.05) is 0 Å². The van der Waals surface area contributed by atoms with Crippen LogP contribution in [0.15, 0.2) is 0 Å². The summed E-state index contributed by atoms with van der Waals surface area (Å²) in [7, 11) is 0. The molecule has 0 saturated heterocycles. The van der Waals surface area contributed by atoms with Gasteiger partial charge < -0.3 is 15.0 Å². The fourth-order valence-electron chi connectivity index (χ4n) is 0.668. The van der Waals surface area contributed by atoms with Crippen LogP contribution in [0.3, 0.4) is 0 Å². The first-order valence-electron chi connectivity index (χ1n) is 3.48. The highest BCUT2D eigenvalue weighted by Gasteiger charge is 2.21. The molecule has 1 atom stereocenters. The fraction of sp³-hybridized carbons (Fsp3) is 0.571. The second-order valence-electron chi connectivity index (χ2n) is 2.28. The smallest absolute Gasteiger partial charge is 0.374 e. The summed E-state index contributed by atoms with van der Waals surface area (Å²) >= 11 is 0. The largest absolute Gasteiger partial charge is 0.475 e. The van der Waals surface area contributed by atoms with Crippen LogP contribution in [0, 0.1) is 0 Å². The van der Waals surface area contributed by atoms with Crippen LogP contribution in [0.25, 0.3) is 0 Å². The number of rotatable bonds is 6. The van der Waals surface area contributed by atoms with Gasteiger partial charge in [0.05, 0.1) is 0 Å². The third-order valence-electron chi connectivity index (χ3n) is 1.31. The predicted molar refractivity (Wildman–Crippen MR) is 38.6 cm³/mol. The lowest BCUT2D eigenvalue weighted by Gasteiger charge is -2.03. The second kappa shape index (κ2) is 5.42. The van der Waals surface area contributed by atoms with Crippen molar-refractivity contribution in [2.24, 2.45) is 0 Å². The number of carboxylic acids is 1. The van der Waals surface area contributed by atoms with Crippen LogP contribution < -0.4 is 0 Å². The number of hydrogen-bond donors (Lipinski definition) is 2. The molecular formula is C7H10O5. The summed E-state index contributed by atoms with van der Waals surface area (Å²) in [6.45, 7) is 0. The Labute approximate surface area is 69.0 Å². The summed E-state index contributed by atoms with van der Waals surface area (Å²) in [5, 5.41) is 17.0. The Kier molecular flexibility index (Phi) is 4.87. The average molecular weight is 174 g/mol. The van der Waals surface area contributed by atoms with Crippen molar-refractivity contribution in [1.82, 2.24) is 0 Å². The van der Waals surface area contributed by atoms with Gasteiger partial charge >= 0.3 is 5.97 Å². The highest BCUT2D eigenvalue weighted by molar-refractivity contribution is 6.34. The summed E-state index contributed by atoms with van der Waals surface area (Å²) in [5.41, 5.74) is 0. The van der Waals surface area contributed by atoms with Gasteiger partial charge in [0.2, 0.25) is 0 Å². The summed E-state index contributed by atoms with van der Waals surface area (Å²) in [4.78, 5) is 30.3. The SMILES string of the molecule is O=CCCCC(O)C(=O)C(=O)O. The third kappa shape index (κ3) is 3.82. The van der Waals surface area contributed by atoms with Crippen LogP contribution in [-0.4, -0.2) is 34.4 Å². The van der Waals surface area contributed by atoms with Crippen LogP contribution in [0.5, 0.6) is 0 Å². The molecule has 0 radical (unpaired) electrons. The quantitative estimate of drug-likeness (QED) is 0.318. The number of aldehydes is 1. The van der Waals surface area contributed by atoms with Crippen molar-refractivity contribution >= 4 is 18.0 Å². The van der Waals surface area contributed by atoms with Gasteiger partial charge in [-0.2, -0.15) is 0 Å². The molecule has 0 aliphatic heterocycles. The summed E-state index contributed by atoms with van der Waals surface area (Å²) in [5.74, 6) is -2.87. The number of unbranched alkanes of at least 4 members (excludes halogenated alkanes) is 1. The summed E-state index contributed by atoms with van der Waals surface area (Å²) in [6, 6.07) is 0. The van der Waals surface area contributed by atoms with Crippen molar-refractivity contribution in [3.63, 3.8) is 0 Å². The van der Waals surface area contributed by atoms with E-state index in [2.05, 4.69) is 0 Å². The highest BCUT2D eigenvalue weighted by Crippen LogP contribution is 2.00. The van der Waals surface area contributed by atoms with Gasteiger partial charge in [-0.3, -0.25) is 4.79 Å². The molecule has 68 valence electrons. The number of carbonyl (C=O) groups excluding carboxylic acids is 2. The molecule has 0 fully saturated rings. The van der Waals surface area contributed by atoms with Gasteiger partial charge in [0.15, 0.2) is 0 Å². The minimum absolute atomic E-state index is 0.0177. The van der Waals surface area contributed by atoms with Crippen LogP contribution in [0.4, 0.5) is 0 Å². The third-order valence-corrected chi connectivity index (χ3v) is 1.31. The Morgan fingerprint density at radius 2 is 2.00 bits per heavy atom. The molecule has 0 aliphatic carbocycles. The minimum Gasteiger partial charge on any atom is -0.475 e. The molecule has 12 heavy (non-hydrogen) atoms. The van der Waals surface area contributed by atoms with Gasteiger partial charge in [-0.15, -0.1) is 0 Å². The van der Waals surface area contributed by atoms with E-state index in [1.807, 2.05) is 0 Å². The van der Waals surface area contributed by atoms with Gasteiger partial charge in [-0.1, -0.05) is 0 Å². The van der Waals surface area contributed by atoms with E-state index in [-0.39, 0.29) is 12.8 Å². The van der Waals surface area contributed by atoms with Crippen molar-refractivity contribution in [1.29, 1.82) is 0 Å². The van der Waals surface area contributed by atoms with Gasteiger partial charge in [0.1, 0.15) is 12.4 Å². The first kappa shape index (κ1) is 10.8. The number of hydrogen-bond acceptors (Lipinski definition) is 4. The molecule has 0 saturated carbocycles. The molecule has 0 rings (SSSR count). The monoisotopic (exact) mass is 174 g/mol. The molecule has 0 aliphatic rings. The lowest BCUT2D eigenvalue weighted by molar-refractivity contribution is -0.153. The lowest BCUT2D eigenvalue weighted by atomic mass is 10.1. The van der Waals surface area contributed by atoms with Crippen molar-refractivity contribution in [3.8, 4) is 0 Å². The van der Waals surface area contributed by atoms with Gasteiger partial charge in [0, 0.05) is 6.42 Å². The highest BCUT2D eigenvalue weighted by atomic mass is 16.4. The zero-order valence-electron chi connectivity index (χ0n) is 6.40. The molecule has 0 aromatic heterocycles. The van der Waals surface area contributed by atoms with Crippen LogP contribution in [0.1, 0.15) is 19.3 Å². The van der Waals surface area contributed by atoms with E-state index in [1.54, 1.807) is 0 Å². The normalized spacial score (nSPS) is 12.1. The van der Waals surface area contributed by atoms with Crippen LogP contribution in [0.2, 0.25) is 0 Å². The van der Waals surface area contributed by atoms with E-state index >= 15 is 0 Å². The standard InChI is InChI=1S/C7H10O5/c8-4-2-1-3-5(9)6(10)7(11)12/h4-5,9H,1-3H2,(H,11,12). The maximum Gasteiger partial charge on any atom is 0.374 e. The topological polar surface area (TPSA) is 91.7 Å². The summed E-state index contributed by atoms with van der Waals surface area (Å²) < 4.78 is 0. The minimum atomic E-state index is -1.64. The van der Waals surface area contributed by atoms with E-state index in [9.17, 15) is 14.4 Å². The molecule has 5 nitrogen and oxygen atoms in total. The number of carboxylic acid groups (broad SMARTS) is 1. The molecule has 2 N–H and O–H groups in total. The number of aliphatic hydroxyl groups is 1. The molecule has 0 heterocycles. The first-order valence-corrected chi connectivity index (χ1v) is 3.48. The molecule has 0 bridgehead atoms. The second-order valence-corrected chi connectivity index (χ2v) is 2.28. The van der Waals surface area contributed by atoms with Gasteiger partial charge in [-0.05, 0) is 12.8 Å². The Bertz CT molecular complexity index is 186. The van der Waals surface area contributed by atoms with E-state index in [4.69, 9.17) is 10.2 Å². The average Bonchev–Trinajstić information content (AvgIpc) is 2.03. The van der Waals surface area contributed by atoms with Crippen LogP contribution >= 0.6 is 0 Å². The maximum atomic E-state index is 10.5. The van der Waals surface area contributed by atoms with E-state index < -0.39 is 17.9 Å². The molecule has 5 heteroatoms. The Morgan fingerprint density at radius 1 is 1.42 bits per heavy atom. The van der Waals surface area contributed by atoms with E-state index in [1.165, 1.54) is 0 Å². The van der Waals surface area contributed by atoms with Gasteiger partial charge in [0.25, 0.3) is 5.78 Å². The Balaban J connectivity index is 3.71. The molecule has 0 aromatic carbocycles. The zero-order chi connectivity index (χ0) is 9.56.